The quantitative estimate of drug-likeness (QED) is 0.637. The van der Waals surface area contributed by atoms with Crippen molar-refractivity contribution in [3.63, 3.8) is 0 Å². The number of hydrogen-bond donors (Lipinski definition) is 2. The molecule has 0 radical (unpaired) electrons. The second-order valence-corrected chi connectivity index (χ2v) is 8.69. The molecule has 1 saturated heterocycles. The Morgan fingerprint density at radius 3 is 2.80 bits per heavy atom. The largest absolute Gasteiger partial charge is 0.389 e. The van der Waals surface area contributed by atoms with Gasteiger partial charge in [-0.1, -0.05) is 48.6 Å². The molecule has 0 bridgehead atoms. The Labute approximate surface area is 178 Å². The minimum absolute atomic E-state index is 0.177. The Bertz CT molecular complexity index is 1110. The van der Waals surface area contributed by atoms with Crippen LogP contribution >= 0.6 is 11.3 Å². The van der Waals surface area contributed by atoms with Crippen molar-refractivity contribution in [1.29, 1.82) is 0 Å². The molecule has 0 aliphatic carbocycles. The summed E-state index contributed by atoms with van der Waals surface area (Å²) >= 11 is 1.42. The number of likely N-dealkylation sites (tertiary alicyclic amines) is 1. The van der Waals surface area contributed by atoms with Crippen LogP contribution < -0.4 is 10.9 Å². The van der Waals surface area contributed by atoms with Gasteiger partial charge in [-0.2, -0.15) is 9.61 Å². The molecule has 30 heavy (non-hydrogen) atoms. The number of piperidine rings is 1. The van der Waals surface area contributed by atoms with Crippen LogP contribution in [0, 0.1) is 0 Å². The summed E-state index contributed by atoms with van der Waals surface area (Å²) in [6, 6.07) is 11.1. The van der Waals surface area contributed by atoms with Crippen molar-refractivity contribution in [2.24, 2.45) is 0 Å². The third-order valence-electron chi connectivity index (χ3n) is 5.54. The highest BCUT2D eigenvalue weighted by atomic mass is 32.1. The van der Waals surface area contributed by atoms with E-state index in [1.807, 2.05) is 37.3 Å². The van der Waals surface area contributed by atoms with E-state index < -0.39 is 11.6 Å². The minimum atomic E-state index is -0.825. The van der Waals surface area contributed by atoms with Crippen LogP contribution in [0.15, 0.2) is 41.2 Å². The number of β-amino-alcohol motifs (C(OH)–C–C–N with tert-alkyl or cyclic N) is 1. The van der Waals surface area contributed by atoms with Crippen molar-refractivity contribution in [1.82, 2.24) is 24.8 Å². The Hall–Kier alpha value is -2.62. The second kappa shape index (κ2) is 8.25. The van der Waals surface area contributed by atoms with E-state index in [1.165, 1.54) is 28.8 Å². The molecule has 2 N–H and O–H groups in total. The number of nitrogens with one attached hydrogen (secondary N) is 1. The molecule has 3 aromatic rings. The number of hydrogen-bond acceptors (Lipinski definition) is 7. The third-order valence-corrected chi connectivity index (χ3v) is 6.59. The van der Waals surface area contributed by atoms with Crippen molar-refractivity contribution in [2.45, 2.75) is 44.9 Å². The molecule has 158 valence electrons. The number of carbonyl (C=O) groups is 1. The maximum Gasteiger partial charge on any atom is 0.275 e. The van der Waals surface area contributed by atoms with E-state index in [9.17, 15) is 14.7 Å². The highest BCUT2D eigenvalue weighted by Gasteiger charge is 2.44. The van der Waals surface area contributed by atoms with Gasteiger partial charge in [0.25, 0.3) is 5.56 Å². The van der Waals surface area contributed by atoms with Gasteiger partial charge in [0.2, 0.25) is 10.9 Å². The predicted octanol–water partition coefficient (Wildman–Crippen LogP) is 1.31. The van der Waals surface area contributed by atoms with E-state index in [1.54, 1.807) is 0 Å². The molecule has 2 aromatic heterocycles. The number of fused-ring (bicyclic) bond motifs is 1. The summed E-state index contributed by atoms with van der Waals surface area (Å²) in [6.07, 6.45) is 0.517. The van der Waals surface area contributed by atoms with E-state index in [0.29, 0.717) is 36.7 Å². The van der Waals surface area contributed by atoms with Gasteiger partial charge in [0.15, 0.2) is 0 Å². The normalized spacial score (nSPS) is 22.3. The number of aryl methyl sites for hydroxylation is 1. The van der Waals surface area contributed by atoms with Crippen LogP contribution in [0.2, 0.25) is 0 Å². The number of carbonyl (C=O) groups excluding carboxylic acids is 1. The molecule has 8 nitrogen and oxygen atoms in total. The van der Waals surface area contributed by atoms with Crippen molar-refractivity contribution < 1.29 is 9.90 Å². The van der Waals surface area contributed by atoms with Gasteiger partial charge in [0.1, 0.15) is 5.01 Å². The fraction of sp³-hybridized carbons (Fsp3) is 0.429. The average molecular weight is 428 g/mol. The Morgan fingerprint density at radius 1 is 1.37 bits per heavy atom. The molecule has 1 aliphatic heterocycles. The summed E-state index contributed by atoms with van der Waals surface area (Å²) in [5.74, 6) is -0.177. The van der Waals surface area contributed by atoms with Gasteiger partial charge in [-0.3, -0.25) is 14.5 Å². The summed E-state index contributed by atoms with van der Waals surface area (Å²) in [7, 11) is 0. The highest BCUT2D eigenvalue weighted by Crippen LogP contribution is 2.33. The summed E-state index contributed by atoms with van der Waals surface area (Å²) in [5.41, 5.74) is 0.529. The van der Waals surface area contributed by atoms with Crippen LogP contribution in [0.3, 0.4) is 0 Å². The van der Waals surface area contributed by atoms with Crippen molar-refractivity contribution in [3.8, 4) is 0 Å². The zero-order valence-corrected chi connectivity index (χ0v) is 17.9. The summed E-state index contributed by atoms with van der Waals surface area (Å²) in [4.78, 5) is 31.5. The second-order valence-electron chi connectivity index (χ2n) is 7.65. The highest BCUT2D eigenvalue weighted by molar-refractivity contribution is 7.16. The fourth-order valence-corrected chi connectivity index (χ4v) is 4.95. The SMILES string of the molecule is CCc1nn2c(=O)cc(CN3CC[C@](NC(C)=O)(c4ccccc4)[C@H](O)C3)nc2s1. The number of benzene rings is 1. The molecule has 4 rings (SSSR count). The zero-order chi connectivity index (χ0) is 21.3. The van der Waals surface area contributed by atoms with Gasteiger partial charge in [-0.15, -0.1) is 0 Å². The van der Waals surface area contributed by atoms with Gasteiger partial charge in [0.05, 0.1) is 17.3 Å². The Morgan fingerprint density at radius 2 is 2.13 bits per heavy atom. The standard InChI is InChI=1S/C21H25N5O3S/c1-3-18-24-26-19(29)11-16(22-20(26)30-18)12-25-10-9-21(17(28)13-25,23-14(2)27)15-7-5-4-6-8-15/h4-8,11,17,28H,3,9-10,12-13H2,1-2H3,(H,23,27)/t17-,21+/m1/s1. The molecule has 1 amide bonds. The number of rotatable bonds is 5. The maximum atomic E-state index is 12.4. The topological polar surface area (TPSA) is 99.8 Å². The minimum Gasteiger partial charge on any atom is -0.389 e. The van der Waals surface area contributed by atoms with E-state index in [-0.39, 0.29) is 11.5 Å². The third kappa shape index (κ3) is 3.88. The van der Waals surface area contributed by atoms with Crippen molar-refractivity contribution >= 4 is 22.2 Å². The number of aliphatic hydroxyl groups is 1. The first-order valence-corrected chi connectivity index (χ1v) is 10.9. The van der Waals surface area contributed by atoms with Gasteiger partial charge >= 0.3 is 0 Å². The Balaban J connectivity index is 1.56. The molecule has 0 spiro atoms. The molecular weight excluding hydrogens is 402 g/mol. The van der Waals surface area contributed by atoms with Crippen molar-refractivity contribution in [2.75, 3.05) is 13.1 Å². The van der Waals surface area contributed by atoms with Gasteiger partial charge in [-0.25, -0.2) is 4.98 Å². The van der Waals surface area contributed by atoms with Crippen LogP contribution in [0.25, 0.3) is 4.96 Å². The molecule has 1 fully saturated rings. The average Bonchev–Trinajstić information content (AvgIpc) is 3.14. The Kier molecular flexibility index (Phi) is 5.68. The first-order chi connectivity index (χ1) is 14.4. The fourth-order valence-electron chi connectivity index (χ4n) is 4.09. The van der Waals surface area contributed by atoms with E-state index in [4.69, 9.17) is 0 Å². The van der Waals surface area contributed by atoms with E-state index in [0.717, 1.165) is 17.0 Å². The van der Waals surface area contributed by atoms with E-state index >= 15 is 0 Å². The lowest BCUT2D eigenvalue weighted by Crippen LogP contribution is -2.61. The van der Waals surface area contributed by atoms with Gasteiger partial charge in [0, 0.05) is 32.6 Å². The predicted molar refractivity (Wildman–Crippen MR) is 114 cm³/mol. The number of aromatic nitrogens is 3. The van der Waals surface area contributed by atoms with Crippen LogP contribution in [0.1, 0.15) is 36.5 Å². The summed E-state index contributed by atoms with van der Waals surface area (Å²) in [5, 5.41) is 19.2. The van der Waals surface area contributed by atoms with Crippen LogP contribution in [0.4, 0.5) is 0 Å². The van der Waals surface area contributed by atoms with Crippen LogP contribution in [-0.2, 0) is 23.3 Å². The van der Waals surface area contributed by atoms with Crippen LogP contribution in [-0.4, -0.2) is 49.7 Å². The van der Waals surface area contributed by atoms with Crippen LogP contribution in [0.5, 0.6) is 0 Å². The zero-order valence-electron chi connectivity index (χ0n) is 17.0. The first kappa shape index (κ1) is 20.6. The molecule has 1 aliphatic rings. The molecule has 9 heteroatoms. The number of amides is 1. The lowest BCUT2D eigenvalue weighted by molar-refractivity contribution is -0.125. The molecule has 0 unspecified atom stereocenters. The maximum absolute atomic E-state index is 12.4. The number of nitrogens with zero attached hydrogens (tertiary/aromatic N) is 4. The molecule has 1 aromatic carbocycles. The monoisotopic (exact) mass is 427 g/mol. The summed E-state index contributed by atoms with van der Waals surface area (Å²) < 4.78 is 1.34. The van der Waals surface area contributed by atoms with E-state index in [2.05, 4.69) is 20.3 Å². The smallest absolute Gasteiger partial charge is 0.275 e. The van der Waals surface area contributed by atoms with Gasteiger partial charge < -0.3 is 10.4 Å². The summed E-state index contributed by atoms with van der Waals surface area (Å²) in [6.45, 7) is 4.92. The number of aliphatic hydroxyl groups excluding tert-OH is 1. The molecule has 0 saturated carbocycles. The molecule has 2 atom stereocenters. The molecular formula is C21H25N5O3S. The lowest BCUT2D eigenvalue weighted by Gasteiger charge is -2.46. The molecule has 3 heterocycles. The van der Waals surface area contributed by atoms with Gasteiger partial charge in [-0.05, 0) is 18.4 Å². The van der Waals surface area contributed by atoms with Crippen molar-refractivity contribution in [3.05, 3.63) is 63.0 Å². The first-order valence-electron chi connectivity index (χ1n) is 10.0. The lowest BCUT2D eigenvalue weighted by atomic mass is 9.78.